The Bertz CT molecular complexity index is 252. The van der Waals surface area contributed by atoms with Gasteiger partial charge < -0.3 is 5.32 Å². The maximum absolute atomic E-state index is 10.9. The minimum atomic E-state index is -0.621. The minimum absolute atomic E-state index is 0.106. The molecule has 0 aromatic carbocycles. The first-order valence-corrected chi connectivity index (χ1v) is 3.74. The Morgan fingerprint density at radius 1 is 1.54 bits per heavy atom. The van der Waals surface area contributed by atoms with E-state index < -0.39 is 18.0 Å². The van der Waals surface area contributed by atoms with E-state index in [1.165, 1.54) is 0 Å². The Labute approximate surface area is 74.0 Å². The SMILES string of the molecule is NNC(=O)CCC1NC(=O)NC1=O. The largest absolute Gasteiger partial charge is 0.326 e. The third-order valence-electron chi connectivity index (χ3n) is 1.68. The summed E-state index contributed by atoms with van der Waals surface area (Å²) in [5, 5.41) is 4.42. The summed E-state index contributed by atoms with van der Waals surface area (Å²) in [7, 11) is 0. The van der Waals surface area contributed by atoms with Gasteiger partial charge in [0.15, 0.2) is 0 Å². The highest BCUT2D eigenvalue weighted by Gasteiger charge is 2.29. The van der Waals surface area contributed by atoms with E-state index in [0.717, 1.165) is 0 Å². The van der Waals surface area contributed by atoms with Crippen molar-refractivity contribution in [3.05, 3.63) is 0 Å². The van der Waals surface area contributed by atoms with Crippen molar-refractivity contribution in [2.45, 2.75) is 18.9 Å². The predicted octanol–water partition coefficient (Wildman–Crippen LogP) is -2.04. The molecule has 0 aliphatic carbocycles. The van der Waals surface area contributed by atoms with Crippen LogP contribution in [-0.2, 0) is 9.59 Å². The Morgan fingerprint density at radius 3 is 2.69 bits per heavy atom. The summed E-state index contributed by atoms with van der Waals surface area (Å²) in [6.45, 7) is 0. The molecular formula is C6H10N4O3. The van der Waals surface area contributed by atoms with Crippen molar-refractivity contribution in [3.8, 4) is 0 Å². The molecule has 0 radical (unpaired) electrons. The van der Waals surface area contributed by atoms with Gasteiger partial charge in [-0.2, -0.15) is 0 Å². The lowest BCUT2D eigenvalue weighted by atomic mass is 10.1. The molecule has 1 fully saturated rings. The zero-order chi connectivity index (χ0) is 9.84. The maximum Gasteiger partial charge on any atom is 0.322 e. The molecule has 7 nitrogen and oxygen atoms in total. The maximum atomic E-state index is 10.9. The highest BCUT2D eigenvalue weighted by Crippen LogP contribution is 2.01. The molecule has 1 heterocycles. The number of carbonyl (C=O) groups excluding carboxylic acids is 3. The number of hydrogen-bond acceptors (Lipinski definition) is 4. The standard InChI is InChI=1S/C6H10N4O3/c7-10-4(11)2-1-3-5(12)9-6(13)8-3/h3H,1-2,7H2,(H,10,11)(H2,8,9,12,13). The first kappa shape index (κ1) is 9.46. The highest BCUT2D eigenvalue weighted by molar-refractivity contribution is 6.04. The van der Waals surface area contributed by atoms with E-state index in [2.05, 4.69) is 10.6 Å². The number of amides is 4. The van der Waals surface area contributed by atoms with Crippen LogP contribution in [0.15, 0.2) is 0 Å². The number of nitrogens with one attached hydrogen (secondary N) is 3. The topological polar surface area (TPSA) is 113 Å². The van der Waals surface area contributed by atoms with E-state index in [-0.39, 0.29) is 18.7 Å². The second-order valence-corrected chi connectivity index (χ2v) is 2.62. The summed E-state index contributed by atoms with van der Waals surface area (Å²) in [6.07, 6.45) is 0.357. The fraction of sp³-hybridized carbons (Fsp3) is 0.500. The molecule has 0 aromatic heterocycles. The molecular weight excluding hydrogens is 176 g/mol. The molecule has 1 rings (SSSR count). The van der Waals surface area contributed by atoms with Gasteiger partial charge in [-0.25, -0.2) is 10.6 Å². The molecule has 0 aromatic rings. The predicted molar refractivity (Wildman–Crippen MR) is 42.0 cm³/mol. The first-order chi connectivity index (χ1) is 6.13. The zero-order valence-corrected chi connectivity index (χ0v) is 6.79. The smallest absolute Gasteiger partial charge is 0.322 e. The molecule has 1 aliphatic heterocycles. The first-order valence-electron chi connectivity index (χ1n) is 3.74. The van der Waals surface area contributed by atoms with E-state index in [1.54, 1.807) is 0 Å². The summed E-state index contributed by atoms with van der Waals surface area (Å²) in [6, 6.07) is -1.15. The lowest BCUT2D eigenvalue weighted by Crippen LogP contribution is -2.34. The van der Waals surface area contributed by atoms with Crippen LogP contribution in [0.4, 0.5) is 4.79 Å². The van der Waals surface area contributed by atoms with Gasteiger partial charge in [-0.3, -0.25) is 20.3 Å². The van der Waals surface area contributed by atoms with Crippen LogP contribution in [0.2, 0.25) is 0 Å². The molecule has 13 heavy (non-hydrogen) atoms. The van der Waals surface area contributed by atoms with Crippen molar-refractivity contribution >= 4 is 17.8 Å². The molecule has 0 spiro atoms. The highest BCUT2D eigenvalue weighted by atomic mass is 16.2. The van der Waals surface area contributed by atoms with Gasteiger partial charge in [-0.1, -0.05) is 0 Å². The van der Waals surface area contributed by atoms with Crippen LogP contribution in [0.1, 0.15) is 12.8 Å². The van der Waals surface area contributed by atoms with Crippen molar-refractivity contribution in [2.24, 2.45) is 5.84 Å². The number of nitrogens with two attached hydrogens (primary N) is 1. The Morgan fingerprint density at radius 2 is 2.23 bits per heavy atom. The number of rotatable bonds is 3. The van der Waals surface area contributed by atoms with E-state index >= 15 is 0 Å². The summed E-state index contributed by atoms with van der Waals surface area (Å²) in [4.78, 5) is 32.2. The number of hydrogen-bond donors (Lipinski definition) is 4. The van der Waals surface area contributed by atoms with Gasteiger partial charge in [0, 0.05) is 6.42 Å². The van der Waals surface area contributed by atoms with Crippen LogP contribution in [0.25, 0.3) is 0 Å². The number of urea groups is 1. The molecule has 1 atom stereocenters. The Hall–Kier alpha value is -1.63. The third-order valence-corrected chi connectivity index (χ3v) is 1.68. The Balaban J connectivity index is 2.33. The number of carbonyl (C=O) groups is 3. The normalized spacial score (nSPS) is 20.8. The Kier molecular flexibility index (Phi) is 2.80. The molecule has 4 amide bonds. The molecule has 1 aliphatic rings. The minimum Gasteiger partial charge on any atom is -0.326 e. The third kappa shape index (κ3) is 2.41. The van der Waals surface area contributed by atoms with Gasteiger partial charge in [0.1, 0.15) is 6.04 Å². The number of hydrazine groups is 1. The summed E-state index contributed by atoms with van der Waals surface area (Å²) in [5.41, 5.74) is 1.93. The van der Waals surface area contributed by atoms with E-state index in [4.69, 9.17) is 5.84 Å². The second-order valence-electron chi connectivity index (χ2n) is 2.62. The van der Waals surface area contributed by atoms with Crippen LogP contribution in [0.3, 0.4) is 0 Å². The van der Waals surface area contributed by atoms with Crippen LogP contribution >= 0.6 is 0 Å². The van der Waals surface area contributed by atoms with Crippen molar-refractivity contribution in [1.82, 2.24) is 16.1 Å². The quantitative estimate of drug-likeness (QED) is 0.176. The van der Waals surface area contributed by atoms with Crippen LogP contribution in [0, 0.1) is 0 Å². The van der Waals surface area contributed by atoms with E-state index in [1.807, 2.05) is 5.43 Å². The summed E-state index contributed by atoms with van der Waals surface area (Å²) in [5.74, 6) is 4.06. The summed E-state index contributed by atoms with van der Waals surface area (Å²) < 4.78 is 0. The van der Waals surface area contributed by atoms with Gasteiger partial charge in [-0.05, 0) is 6.42 Å². The van der Waals surface area contributed by atoms with Crippen molar-refractivity contribution in [1.29, 1.82) is 0 Å². The number of imide groups is 1. The molecule has 72 valence electrons. The zero-order valence-electron chi connectivity index (χ0n) is 6.79. The van der Waals surface area contributed by atoms with E-state index in [0.29, 0.717) is 0 Å². The average Bonchev–Trinajstić information content (AvgIpc) is 2.41. The van der Waals surface area contributed by atoms with Gasteiger partial charge in [0.05, 0.1) is 0 Å². The van der Waals surface area contributed by atoms with Crippen LogP contribution < -0.4 is 21.9 Å². The molecule has 0 saturated carbocycles. The van der Waals surface area contributed by atoms with Gasteiger partial charge in [0.25, 0.3) is 5.91 Å². The molecule has 7 heteroatoms. The fourth-order valence-corrected chi connectivity index (χ4v) is 1.01. The molecule has 1 saturated heterocycles. The van der Waals surface area contributed by atoms with Gasteiger partial charge in [0.2, 0.25) is 5.91 Å². The fourth-order valence-electron chi connectivity index (χ4n) is 1.01. The lowest BCUT2D eigenvalue weighted by molar-refractivity contribution is -0.122. The molecule has 5 N–H and O–H groups in total. The molecule has 1 unspecified atom stereocenters. The second kappa shape index (κ2) is 3.85. The lowest BCUT2D eigenvalue weighted by Gasteiger charge is -2.04. The monoisotopic (exact) mass is 186 g/mol. The van der Waals surface area contributed by atoms with Crippen molar-refractivity contribution in [3.63, 3.8) is 0 Å². The summed E-state index contributed by atoms with van der Waals surface area (Å²) >= 11 is 0. The van der Waals surface area contributed by atoms with Crippen LogP contribution in [0.5, 0.6) is 0 Å². The molecule has 0 bridgehead atoms. The van der Waals surface area contributed by atoms with Gasteiger partial charge >= 0.3 is 6.03 Å². The van der Waals surface area contributed by atoms with Crippen LogP contribution in [-0.4, -0.2) is 23.9 Å². The van der Waals surface area contributed by atoms with Gasteiger partial charge in [-0.15, -0.1) is 0 Å². The van der Waals surface area contributed by atoms with Crippen molar-refractivity contribution < 1.29 is 14.4 Å². The van der Waals surface area contributed by atoms with E-state index in [9.17, 15) is 14.4 Å². The average molecular weight is 186 g/mol. The van der Waals surface area contributed by atoms with Crippen molar-refractivity contribution in [2.75, 3.05) is 0 Å².